The molecule has 7 heteroatoms. The summed E-state index contributed by atoms with van der Waals surface area (Å²) in [7, 11) is 0. The number of ether oxygens (including phenoxy) is 1. The number of thiazole rings is 1. The molecule has 1 aliphatic heterocycles. The van der Waals surface area contributed by atoms with Crippen molar-refractivity contribution in [3.05, 3.63) is 43.5 Å². The van der Waals surface area contributed by atoms with Crippen molar-refractivity contribution >= 4 is 32.7 Å². The Kier molecular flexibility index (Phi) is 7.66. The highest BCUT2D eigenvalue weighted by atomic mass is 32.1. The summed E-state index contributed by atoms with van der Waals surface area (Å²) >= 11 is 1.53. The van der Waals surface area contributed by atoms with E-state index in [0.29, 0.717) is 31.4 Å². The zero-order chi connectivity index (χ0) is 20.6. The number of nitrogens with zero attached hydrogens (tertiary/aromatic N) is 3. The molecule has 2 heterocycles. The molecule has 2 amide bonds. The summed E-state index contributed by atoms with van der Waals surface area (Å²) in [4.78, 5) is 21.5. The van der Waals surface area contributed by atoms with Gasteiger partial charge in [-0.05, 0) is 31.4 Å². The van der Waals surface area contributed by atoms with Gasteiger partial charge < -0.3 is 9.64 Å². The quantitative estimate of drug-likeness (QED) is 0.401. The van der Waals surface area contributed by atoms with E-state index in [4.69, 9.17) is 9.72 Å². The van der Waals surface area contributed by atoms with E-state index in [9.17, 15) is 4.79 Å². The maximum absolute atomic E-state index is 13.1. The predicted octanol–water partition coefficient (Wildman–Crippen LogP) is 4.79. The van der Waals surface area contributed by atoms with E-state index in [-0.39, 0.29) is 12.2 Å². The van der Waals surface area contributed by atoms with Gasteiger partial charge in [0.1, 0.15) is 11.9 Å². The van der Waals surface area contributed by atoms with E-state index in [1.807, 2.05) is 29.2 Å². The lowest BCUT2D eigenvalue weighted by molar-refractivity contribution is 0.220. The lowest BCUT2D eigenvalue weighted by atomic mass is 10.3. The monoisotopic (exact) mass is 414 g/mol. The van der Waals surface area contributed by atoms with Crippen LogP contribution in [0.4, 0.5) is 9.93 Å². The summed E-state index contributed by atoms with van der Waals surface area (Å²) in [6.07, 6.45) is 7.51. The number of fused-ring (bicyclic) bond motifs is 1. The molecule has 0 saturated carbocycles. The molecule has 0 bridgehead atoms. The van der Waals surface area contributed by atoms with Gasteiger partial charge in [0.05, 0.1) is 23.4 Å². The molecule has 1 aromatic heterocycles. The average molecular weight is 415 g/mol. The fourth-order valence-corrected chi connectivity index (χ4v) is 4.27. The van der Waals surface area contributed by atoms with Crippen LogP contribution in [0, 0.1) is 0 Å². The molecule has 0 aliphatic carbocycles. The number of carbonyl (C=O) groups is 1. The summed E-state index contributed by atoms with van der Waals surface area (Å²) < 4.78 is 6.85. The van der Waals surface area contributed by atoms with E-state index < -0.39 is 0 Å². The first-order chi connectivity index (χ1) is 14.2. The molecule has 1 fully saturated rings. The van der Waals surface area contributed by atoms with Crippen LogP contribution >= 0.6 is 11.3 Å². The number of carbonyl (C=O) groups excluding carboxylic acids is 1. The van der Waals surface area contributed by atoms with Gasteiger partial charge in [-0.3, -0.25) is 10.2 Å². The molecule has 1 atom stereocenters. The number of unbranched alkanes of at least 4 members (excludes halogenated alkanes) is 2. The number of rotatable bonds is 12. The number of hydrogen-bond donors (Lipinski definition) is 1. The highest BCUT2D eigenvalue weighted by molar-refractivity contribution is 7.22. The van der Waals surface area contributed by atoms with E-state index in [0.717, 1.165) is 41.6 Å². The van der Waals surface area contributed by atoms with Gasteiger partial charge in [0, 0.05) is 19.2 Å². The largest absolute Gasteiger partial charge is 0.494 e. The minimum absolute atomic E-state index is 0.00546. The van der Waals surface area contributed by atoms with Crippen molar-refractivity contribution < 1.29 is 9.53 Å². The van der Waals surface area contributed by atoms with Crippen molar-refractivity contribution in [2.45, 2.75) is 38.8 Å². The fraction of sp³-hybridized carbons (Fsp3) is 0.455. The molecule has 1 aromatic carbocycles. The Balaban J connectivity index is 1.80. The van der Waals surface area contributed by atoms with Crippen LogP contribution in [-0.2, 0) is 0 Å². The third-order valence-corrected chi connectivity index (χ3v) is 5.87. The molecule has 3 rings (SSSR count). The lowest BCUT2D eigenvalue weighted by Crippen LogP contribution is -2.44. The van der Waals surface area contributed by atoms with Gasteiger partial charge >= 0.3 is 6.03 Å². The molecular weight excluding hydrogens is 384 g/mol. The van der Waals surface area contributed by atoms with Gasteiger partial charge in [0.25, 0.3) is 0 Å². The molecule has 1 saturated heterocycles. The van der Waals surface area contributed by atoms with Crippen molar-refractivity contribution in [3.63, 3.8) is 0 Å². The van der Waals surface area contributed by atoms with Crippen LogP contribution in [0.2, 0.25) is 0 Å². The Morgan fingerprint density at radius 2 is 2.21 bits per heavy atom. The average Bonchev–Trinajstić information content (AvgIpc) is 3.27. The lowest BCUT2D eigenvalue weighted by Gasteiger charge is -2.20. The highest BCUT2D eigenvalue weighted by Gasteiger charge is 2.39. The molecule has 156 valence electrons. The van der Waals surface area contributed by atoms with E-state index >= 15 is 0 Å². The van der Waals surface area contributed by atoms with Crippen molar-refractivity contribution in [2.24, 2.45) is 0 Å². The number of amides is 2. The van der Waals surface area contributed by atoms with Crippen molar-refractivity contribution in [1.29, 1.82) is 0 Å². The number of urea groups is 1. The Labute approximate surface area is 176 Å². The van der Waals surface area contributed by atoms with Crippen molar-refractivity contribution in [1.82, 2.24) is 15.2 Å². The molecule has 1 unspecified atom stereocenters. The van der Waals surface area contributed by atoms with E-state index in [1.54, 1.807) is 11.0 Å². The minimum Gasteiger partial charge on any atom is -0.494 e. The molecule has 1 N–H and O–H groups in total. The van der Waals surface area contributed by atoms with Crippen LogP contribution in [-0.4, -0.2) is 48.3 Å². The third kappa shape index (κ3) is 5.16. The van der Waals surface area contributed by atoms with Crippen LogP contribution in [0.25, 0.3) is 10.2 Å². The molecule has 1 aliphatic rings. The highest BCUT2D eigenvalue weighted by Crippen LogP contribution is 2.34. The van der Waals surface area contributed by atoms with E-state index in [1.165, 1.54) is 11.3 Å². The maximum atomic E-state index is 13.1. The van der Waals surface area contributed by atoms with Gasteiger partial charge in [-0.25, -0.2) is 9.78 Å². The van der Waals surface area contributed by atoms with Crippen molar-refractivity contribution in [3.8, 4) is 5.75 Å². The second-order valence-corrected chi connectivity index (χ2v) is 8.08. The molecule has 0 radical (unpaired) electrons. The van der Waals surface area contributed by atoms with Crippen LogP contribution in [0.5, 0.6) is 5.75 Å². The number of nitrogens with one attached hydrogen (secondary N) is 1. The van der Waals surface area contributed by atoms with Crippen LogP contribution in [0.15, 0.2) is 43.5 Å². The smallest absolute Gasteiger partial charge is 0.327 e. The number of anilines is 1. The minimum atomic E-state index is -0.120. The Bertz CT molecular complexity index is 850. The Morgan fingerprint density at radius 3 is 2.97 bits per heavy atom. The number of allylic oxidation sites excluding steroid dienone is 1. The summed E-state index contributed by atoms with van der Waals surface area (Å²) in [5.74, 6) is 0.822. The second-order valence-electron chi connectivity index (χ2n) is 7.07. The summed E-state index contributed by atoms with van der Waals surface area (Å²) in [6, 6.07) is 5.95. The van der Waals surface area contributed by atoms with Gasteiger partial charge in [0.15, 0.2) is 5.13 Å². The maximum Gasteiger partial charge on any atom is 0.327 e. The molecule has 29 heavy (non-hydrogen) atoms. The summed E-state index contributed by atoms with van der Waals surface area (Å²) in [5, 5.41) is 4.10. The van der Waals surface area contributed by atoms with E-state index in [2.05, 4.69) is 25.4 Å². The molecular formula is C22H30N4O2S. The zero-order valence-electron chi connectivity index (χ0n) is 17.1. The molecule has 2 aromatic rings. The van der Waals surface area contributed by atoms with Crippen molar-refractivity contribution in [2.75, 3.05) is 31.1 Å². The van der Waals surface area contributed by atoms with Gasteiger partial charge in [0.2, 0.25) is 0 Å². The van der Waals surface area contributed by atoms with Gasteiger partial charge in [-0.2, -0.15) is 0 Å². The topological polar surface area (TPSA) is 57.7 Å². The third-order valence-electron chi connectivity index (χ3n) is 4.84. The van der Waals surface area contributed by atoms with Gasteiger partial charge in [-0.1, -0.05) is 36.8 Å². The van der Waals surface area contributed by atoms with Crippen LogP contribution in [0.3, 0.4) is 0 Å². The zero-order valence-corrected chi connectivity index (χ0v) is 17.9. The van der Waals surface area contributed by atoms with Crippen LogP contribution in [0.1, 0.15) is 32.6 Å². The van der Waals surface area contributed by atoms with Crippen LogP contribution < -0.4 is 15.0 Å². The molecule has 6 nitrogen and oxygen atoms in total. The molecule has 0 spiro atoms. The standard InChI is InChI=1S/C22H30N4O2S/c1-4-7-9-13-25-16-20(23-12-6-3)26(22(25)27)21-24-18-15-17(28-14-8-5-2)10-11-19(18)29-21/h4,6,10-11,15,20,23H,1,3,5,7-9,12-14,16H2,2H3. The number of hydrogen-bond acceptors (Lipinski definition) is 5. The SMILES string of the molecule is C=CCCCN1CC(NCC=C)N(c2nc3cc(OCCCC)ccc3s2)C1=O. The predicted molar refractivity (Wildman–Crippen MR) is 121 cm³/mol. The first kappa shape index (κ1) is 21.3. The Hall–Kier alpha value is -2.38. The first-order valence-electron chi connectivity index (χ1n) is 10.2. The summed E-state index contributed by atoms with van der Waals surface area (Å²) in [5.41, 5.74) is 0.861. The number of aromatic nitrogens is 1. The number of benzene rings is 1. The first-order valence-corrected chi connectivity index (χ1v) is 11.1. The van der Waals surface area contributed by atoms with Gasteiger partial charge in [-0.15, -0.1) is 13.2 Å². The summed E-state index contributed by atoms with van der Waals surface area (Å²) in [6.45, 7) is 12.4. The Morgan fingerprint density at radius 1 is 1.34 bits per heavy atom. The fourth-order valence-electron chi connectivity index (χ4n) is 3.28. The second kappa shape index (κ2) is 10.4. The normalized spacial score (nSPS) is 16.6.